The standard InChI is InChI=1S/C31H26F6N2O5/c1-18-26(39-29(44-18)20-5-3-2-4-6-20)11-12-43-25-9-7-19(8-10-27(40)41)22(15-25)17-38-28(42)21-13-23(30(32,33)34)16-24(14-21)31(35,36)37/h2-7,9,13-16H,8,10-12,17H2,1H3,(H,38,42)(H,40,41). The second kappa shape index (κ2) is 13.2. The maximum Gasteiger partial charge on any atom is 0.416 e. The van der Waals surface area contributed by atoms with Crippen molar-refractivity contribution in [3.8, 4) is 17.2 Å². The van der Waals surface area contributed by atoms with Gasteiger partial charge in [0.25, 0.3) is 5.91 Å². The number of rotatable bonds is 11. The van der Waals surface area contributed by atoms with E-state index in [1.807, 2.05) is 30.3 Å². The van der Waals surface area contributed by atoms with Gasteiger partial charge in [0.1, 0.15) is 11.5 Å². The number of hydrogen-bond acceptors (Lipinski definition) is 5. The summed E-state index contributed by atoms with van der Waals surface area (Å²) >= 11 is 0. The normalized spacial score (nSPS) is 11.8. The van der Waals surface area contributed by atoms with E-state index in [1.54, 1.807) is 19.1 Å². The number of halogens is 6. The Morgan fingerprint density at radius 2 is 1.55 bits per heavy atom. The molecule has 7 nitrogen and oxygen atoms in total. The highest BCUT2D eigenvalue weighted by Crippen LogP contribution is 2.36. The van der Waals surface area contributed by atoms with Crippen LogP contribution in [0.3, 0.4) is 0 Å². The third-order valence-electron chi connectivity index (χ3n) is 6.60. The highest BCUT2D eigenvalue weighted by molar-refractivity contribution is 5.94. The number of nitrogens with one attached hydrogen (secondary N) is 1. The number of aliphatic carboxylic acids is 1. The lowest BCUT2D eigenvalue weighted by Gasteiger charge is -2.15. The Kier molecular flexibility index (Phi) is 9.65. The summed E-state index contributed by atoms with van der Waals surface area (Å²) in [4.78, 5) is 28.4. The van der Waals surface area contributed by atoms with Gasteiger partial charge in [-0.1, -0.05) is 24.3 Å². The van der Waals surface area contributed by atoms with Crippen molar-refractivity contribution in [3.05, 3.63) is 106 Å². The zero-order valence-electron chi connectivity index (χ0n) is 23.2. The maximum atomic E-state index is 13.2. The van der Waals surface area contributed by atoms with Gasteiger partial charge in [-0.3, -0.25) is 9.59 Å². The van der Waals surface area contributed by atoms with Gasteiger partial charge in [0.15, 0.2) is 0 Å². The summed E-state index contributed by atoms with van der Waals surface area (Å²) in [6.07, 6.45) is -10.0. The predicted molar refractivity (Wildman–Crippen MR) is 146 cm³/mol. The van der Waals surface area contributed by atoms with Crippen LogP contribution in [-0.2, 0) is 36.5 Å². The quantitative estimate of drug-likeness (QED) is 0.171. The monoisotopic (exact) mass is 620 g/mol. The van der Waals surface area contributed by atoms with E-state index < -0.39 is 40.9 Å². The summed E-state index contributed by atoms with van der Waals surface area (Å²) in [5.74, 6) is -0.837. The summed E-state index contributed by atoms with van der Waals surface area (Å²) in [6, 6.07) is 14.6. The number of aromatic nitrogens is 1. The SMILES string of the molecule is Cc1oc(-c2ccccc2)nc1CCOc1ccc(CCC(=O)O)c(CNC(=O)c2cc(C(F)(F)F)cc(C(F)(F)F)c2)c1. The van der Waals surface area contributed by atoms with Crippen LogP contribution in [0.2, 0.25) is 0 Å². The number of carbonyl (C=O) groups excluding carboxylic acids is 1. The molecule has 0 saturated carbocycles. The first-order valence-corrected chi connectivity index (χ1v) is 13.3. The average Bonchev–Trinajstić information content (AvgIpc) is 3.34. The molecule has 0 unspecified atom stereocenters. The molecule has 1 amide bonds. The van der Waals surface area contributed by atoms with Crippen molar-refractivity contribution < 1.29 is 50.2 Å². The Morgan fingerprint density at radius 1 is 0.886 bits per heavy atom. The van der Waals surface area contributed by atoms with Crippen LogP contribution in [0.5, 0.6) is 5.75 Å². The topological polar surface area (TPSA) is 102 Å². The average molecular weight is 621 g/mol. The molecule has 2 N–H and O–H groups in total. The minimum Gasteiger partial charge on any atom is -0.493 e. The Labute approximate surface area is 247 Å². The fraction of sp³-hybridized carbons (Fsp3) is 0.258. The number of amides is 1. The molecular formula is C31H26F6N2O5. The summed E-state index contributed by atoms with van der Waals surface area (Å²) in [5, 5.41) is 11.4. The lowest BCUT2D eigenvalue weighted by molar-refractivity contribution is -0.143. The molecule has 0 atom stereocenters. The van der Waals surface area contributed by atoms with Crippen LogP contribution >= 0.6 is 0 Å². The molecule has 0 aliphatic carbocycles. The number of carboxylic acids is 1. The number of benzene rings is 3. The van der Waals surface area contributed by atoms with Gasteiger partial charge in [-0.15, -0.1) is 0 Å². The van der Waals surface area contributed by atoms with Crippen LogP contribution in [-0.4, -0.2) is 28.6 Å². The van der Waals surface area contributed by atoms with Gasteiger partial charge in [0.05, 0.1) is 23.4 Å². The molecule has 4 rings (SSSR count). The van der Waals surface area contributed by atoms with Crippen LogP contribution in [0.1, 0.15) is 50.5 Å². The minimum absolute atomic E-state index is 0.0585. The Balaban J connectivity index is 1.49. The molecule has 1 aromatic heterocycles. The molecule has 0 saturated heterocycles. The van der Waals surface area contributed by atoms with E-state index in [-0.39, 0.29) is 32.1 Å². The van der Waals surface area contributed by atoms with E-state index in [1.165, 1.54) is 6.07 Å². The zero-order valence-corrected chi connectivity index (χ0v) is 23.2. The van der Waals surface area contributed by atoms with Crippen LogP contribution in [0.25, 0.3) is 11.5 Å². The molecule has 0 radical (unpaired) electrons. The van der Waals surface area contributed by atoms with Crippen molar-refractivity contribution in [2.45, 2.75) is 45.1 Å². The molecule has 44 heavy (non-hydrogen) atoms. The summed E-state index contributed by atoms with van der Waals surface area (Å²) in [7, 11) is 0. The number of carboxylic acid groups (broad SMARTS) is 1. The first-order valence-electron chi connectivity index (χ1n) is 13.3. The fourth-order valence-electron chi connectivity index (χ4n) is 4.34. The Bertz CT molecular complexity index is 1600. The second-order valence-corrected chi connectivity index (χ2v) is 9.79. The molecule has 0 aliphatic rings. The summed E-state index contributed by atoms with van der Waals surface area (Å²) in [6.45, 7) is 1.63. The van der Waals surface area contributed by atoms with Crippen molar-refractivity contribution in [2.24, 2.45) is 0 Å². The number of nitrogens with zero attached hydrogens (tertiary/aromatic N) is 1. The van der Waals surface area contributed by atoms with Crippen molar-refractivity contribution in [1.29, 1.82) is 0 Å². The predicted octanol–water partition coefficient (Wildman–Crippen LogP) is 7.26. The molecule has 0 aliphatic heterocycles. The number of oxazole rings is 1. The van der Waals surface area contributed by atoms with Crippen LogP contribution in [0.15, 0.2) is 71.1 Å². The lowest BCUT2D eigenvalue weighted by atomic mass is 10.0. The van der Waals surface area contributed by atoms with E-state index in [9.17, 15) is 35.9 Å². The van der Waals surface area contributed by atoms with Crippen molar-refractivity contribution >= 4 is 11.9 Å². The number of ether oxygens (including phenoxy) is 1. The lowest BCUT2D eigenvalue weighted by Crippen LogP contribution is -2.25. The smallest absolute Gasteiger partial charge is 0.416 e. The van der Waals surface area contributed by atoms with Gasteiger partial charge in [0.2, 0.25) is 5.89 Å². The molecule has 0 spiro atoms. The molecule has 0 fully saturated rings. The molecule has 232 valence electrons. The maximum absolute atomic E-state index is 13.2. The van der Waals surface area contributed by atoms with Crippen molar-refractivity contribution in [2.75, 3.05) is 6.61 Å². The Hall–Kier alpha value is -4.81. The molecule has 1 heterocycles. The summed E-state index contributed by atoms with van der Waals surface area (Å²) in [5.41, 5.74) is -1.70. The van der Waals surface area contributed by atoms with Crippen molar-refractivity contribution in [3.63, 3.8) is 0 Å². The third kappa shape index (κ3) is 8.39. The van der Waals surface area contributed by atoms with Gasteiger partial charge >= 0.3 is 18.3 Å². The van der Waals surface area contributed by atoms with E-state index in [0.29, 0.717) is 52.8 Å². The molecule has 13 heteroatoms. The number of carbonyl (C=O) groups is 2. The van der Waals surface area contributed by atoms with Crippen LogP contribution in [0, 0.1) is 6.92 Å². The molecule has 4 aromatic rings. The summed E-state index contributed by atoms with van der Waals surface area (Å²) < 4.78 is 91.0. The fourth-order valence-corrected chi connectivity index (χ4v) is 4.34. The number of hydrogen-bond donors (Lipinski definition) is 2. The van der Waals surface area contributed by atoms with E-state index in [2.05, 4.69) is 10.3 Å². The number of aryl methyl sites for hydroxylation is 2. The van der Waals surface area contributed by atoms with Crippen molar-refractivity contribution in [1.82, 2.24) is 10.3 Å². The second-order valence-electron chi connectivity index (χ2n) is 9.79. The van der Waals surface area contributed by atoms with Gasteiger partial charge in [-0.2, -0.15) is 26.3 Å². The highest BCUT2D eigenvalue weighted by Gasteiger charge is 2.37. The highest BCUT2D eigenvalue weighted by atomic mass is 19.4. The largest absolute Gasteiger partial charge is 0.493 e. The Morgan fingerprint density at radius 3 is 2.16 bits per heavy atom. The van der Waals surface area contributed by atoms with Crippen LogP contribution < -0.4 is 10.1 Å². The zero-order chi connectivity index (χ0) is 32.1. The van der Waals surface area contributed by atoms with E-state index in [0.717, 1.165) is 5.56 Å². The minimum atomic E-state index is -5.11. The first kappa shape index (κ1) is 32.1. The third-order valence-corrected chi connectivity index (χ3v) is 6.60. The van der Waals surface area contributed by atoms with Gasteiger partial charge < -0.3 is 19.6 Å². The van der Waals surface area contributed by atoms with Gasteiger partial charge in [-0.25, -0.2) is 4.98 Å². The first-order chi connectivity index (χ1) is 20.7. The van der Waals surface area contributed by atoms with E-state index >= 15 is 0 Å². The molecule has 3 aromatic carbocycles. The van der Waals surface area contributed by atoms with Crippen LogP contribution in [0.4, 0.5) is 26.3 Å². The van der Waals surface area contributed by atoms with Gasteiger partial charge in [-0.05, 0) is 66.9 Å². The molecular weight excluding hydrogens is 594 g/mol. The van der Waals surface area contributed by atoms with E-state index in [4.69, 9.17) is 14.3 Å². The molecule has 0 bridgehead atoms. The number of alkyl halides is 6. The van der Waals surface area contributed by atoms with Gasteiger partial charge in [0, 0.05) is 30.5 Å².